The minimum atomic E-state index is -0.147. The molecule has 0 aliphatic heterocycles. The lowest BCUT2D eigenvalue weighted by Gasteiger charge is -2.33. The number of aliphatic hydroxyl groups excluding tert-OH is 1. The molecular formula is C14H23N3O. The molecule has 2 N–H and O–H groups in total. The minimum Gasteiger partial charge on any atom is -0.394 e. The van der Waals surface area contributed by atoms with Gasteiger partial charge in [-0.15, -0.1) is 0 Å². The molecule has 0 saturated heterocycles. The Hall–Kier alpha value is -0.870. The standard InChI is InChI=1S/C14H23N3O/c1-15-14(9-18,11-6-7-11)8-17-10-16-12-4-2-3-5-13(12)17/h10-11,15,18H,2-9H2,1H3. The summed E-state index contributed by atoms with van der Waals surface area (Å²) in [6.45, 7) is 1.06. The Labute approximate surface area is 108 Å². The number of aliphatic hydroxyl groups is 1. The van der Waals surface area contributed by atoms with Crippen molar-refractivity contribution in [2.24, 2.45) is 5.92 Å². The van der Waals surface area contributed by atoms with Gasteiger partial charge in [0.2, 0.25) is 0 Å². The third kappa shape index (κ3) is 1.97. The molecule has 1 atom stereocenters. The van der Waals surface area contributed by atoms with Crippen LogP contribution in [-0.4, -0.2) is 33.9 Å². The second-order valence-corrected chi connectivity index (χ2v) is 5.81. The average molecular weight is 249 g/mol. The summed E-state index contributed by atoms with van der Waals surface area (Å²) in [7, 11) is 1.97. The van der Waals surface area contributed by atoms with Gasteiger partial charge in [0.25, 0.3) is 0 Å². The fraction of sp³-hybridized carbons (Fsp3) is 0.786. The molecule has 1 heterocycles. The molecule has 100 valence electrons. The highest BCUT2D eigenvalue weighted by Gasteiger charge is 2.44. The van der Waals surface area contributed by atoms with Gasteiger partial charge < -0.3 is 15.0 Å². The summed E-state index contributed by atoms with van der Waals surface area (Å²) in [5.41, 5.74) is 2.53. The summed E-state index contributed by atoms with van der Waals surface area (Å²) < 4.78 is 2.28. The zero-order valence-electron chi connectivity index (χ0n) is 11.2. The van der Waals surface area contributed by atoms with Crippen molar-refractivity contribution in [2.75, 3.05) is 13.7 Å². The highest BCUT2D eigenvalue weighted by Crippen LogP contribution is 2.40. The van der Waals surface area contributed by atoms with E-state index >= 15 is 0 Å². The highest BCUT2D eigenvalue weighted by molar-refractivity contribution is 5.17. The van der Waals surface area contributed by atoms with E-state index < -0.39 is 0 Å². The topological polar surface area (TPSA) is 50.1 Å². The van der Waals surface area contributed by atoms with Crippen molar-refractivity contribution in [2.45, 2.75) is 50.6 Å². The van der Waals surface area contributed by atoms with E-state index in [2.05, 4.69) is 14.9 Å². The van der Waals surface area contributed by atoms with Crippen LogP contribution in [-0.2, 0) is 19.4 Å². The van der Waals surface area contributed by atoms with Crippen LogP contribution in [0.2, 0.25) is 0 Å². The first kappa shape index (κ1) is 12.2. The summed E-state index contributed by atoms with van der Waals surface area (Å²) in [5, 5.41) is 13.2. The zero-order chi connectivity index (χ0) is 12.6. The number of nitrogens with one attached hydrogen (secondary N) is 1. The molecule has 2 aliphatic rings. The number of likely N-dealkylation sites (N-methyl/N-ethyl adjacent to an activating group) is 1. The number of hydrogen-bond acceptors (Lipinski definition) is 3. The van der Waals surface area contributed by atoms with Crippen molar-refractivity contribution in [3.05, 3.63) is 17.7 Å². The monoisotopic (exact) mass is 249 g/mol. The van der Waals surface area contributed by atoms with E-state index in [0.29, 0.717) is 5.92 Å². The maximum atomic E-state index is 9.79. The fourth-order valence-corrected chi connectivity index (χ4v) is 3.28. The second-order valence-electron chi connectivity index (χ2n) is 5.81. The minimum absolute atomic E-state index is 0.147. The van der Waals surface area contributed by atoms with E-state index in [4.69, 9.17) is 0 Å². The fourth-order valence-electron chi connectivity index (χ4n) is 3.28. The van der Waals surface area contributed by atoms with Gasteiger partial charge in [0.05, 0.1) is 24.2 Å². The lowest BCUT2D eigenvalue weighted by molar-refractivity contribution is 0.129. The molecule has 2 aliphatic carbocycles. The van der Waals surface area contributed by atoms with Crippen LogP contribution in [0.15, 0.2) is 6.33 Å². The van der Waals surface area contributed by atoms with Gasteiger partial charge in [0.1, 0.15) is 0 Å². The smallest absolute Gasteiger partial charge is 0.0952 e. The maximum absolute atomic E-state index is 9.79. The molecule has 1 aromatic rings. The molecule has 0 bridgehead atoms. The number of imidazole rings is 1. The van der Waals surface area contributed by atoms with Crippen LogP contribution in [0.25, 0.3) is 0 Å². The molecule has 0 radical (unpaired) electrons. The third-order valence-corrected chi connectivity index (χ3v) is 4.70. The summed E-state index contributed by atoms with van der Waals surface area (Å²) in [4.78, 5) is 4.54. The number of hydrogen-bond donors (Lipinski definition) is 2. The van der Waals surface area contributed by atoms with Gasteiger partial charge in [-0.2, -0.15) is 0 Å². The molecule has 1 saturated carbocycles. The molecule has 1 fully saturated rings. The Morgan fingerprint density at radius 1 is 1.44 bits per heavy atom. The van der Waals surface area contributed by atoms with E-state index in [1.54, 1.807) is 0 Å². The van der Waals surface area contributed by atoms with E-state index in [0.717, 1.165) is 19.4 Å². The van der Waals surface area contributed by atoms with Crippen molar-refractivity contribution < 1.29 is 5.11 Å². The number of rotatable bonds is 5. The number of fused-ring (bicyclic) bond motifs is 1. The van der Waals surface area contributed by atoms with Crippen LogP contribution < -0.4 is 5.32 Å². The molecule has 4 heteroatoms. The van der Waals surface area contributed by atoms with Crippen LogP contribution in [0.3, 0.4) is 0 Å². The van der Waals surface area contributed by atoms with Gasteiger partial charge in [0, 0.05) is 12.2 Å². The largest absolute Gasteiger partial charge is 0.394 e. The van der Waals surface area contributed by atoms with Crippen LogP contribution in [0.4, 0.5) is 0 Å². The second kappa shape index (κ2) is 4.67. The first-order valence-electron chi connectivity index (χ1n) is 7.12. The van der Waals surface area contributed by atoms with Crippen molar-refractivity contribution in [3.8, 4) is 0 Å². The highest BCUT2D eigenvalue weighted by atomic mass is 16.3. The van der Waals surface area contributed by atoms with Gasteiger partial charge in [-0.05, 0) is 51.5 Å². The summed E-state index contributed by atoms with van der Waals surface area (Å²) >= 11 is 0. The summed E-state index contributed by atoms with van der Waals surface area (Å²) in [5.74, 6) is 0.620. The number of aromatic nitrogens is 2. The van der Waals surface area contributed by atoms with Crippen LogP contribution >= 0.6 is 0 Å². The van der Waals surface area contributed by atoms with E-state index in [1.807, 2.05) is 13.4 Å². The van der Waals surface area contributed by atoms with Crippen LogP contribution in [0, 0.1) is 5.92 Å². The number of aryl methyl sites for hydroxylation is 1. The van der Waals surface area contributed by atoms with Crippen LogP contribution in [0.1, 0.15) is 37.1 Å². The van der Waals surface area contributed by atoms with Crippen molar-refractivity contribution in [3.63, 3.8) is 0 Å². The predicted molar refractivity (Wildman–Crippen MR) is 70.5 cm³/mol. The SMILES string of the molecule is CNC(CO)(Cn1cnc2c1CCCC2)C1CC1. The molecule has 4 nitrogen and oxygen atoms in total. The van der Waals surface area contributed by atoms with Crippen LogP contribution in [0.5, 0.6) is 0 Å². The third-order valence-electron chi connectivity index (χ3n) is 4.70. The molecule has 1 unspecified atom stereocenters. The zero-order valence-corrected chi connectivity index (χ0v) is 11.2. The molecule has 0 amide bonds. The molecule has 3 rings (SSSR count). The van der Waals surface area contributed by atoms with Gasteiger partial charge in [-0.3, -0.25) is 0 Å². The Morgan fingerprint density at radius 3 is 2.89 bits per heavy atom. The Morgan fingerprint density at radius 2 is 2.22 bits per heavy atom. The Bertz CT molecular complexity index is 419. The molecule has 18 heavy (non-hydrogen) atoms. The van der Waals surface area contributed by atoms with Gasteiger partial charge in [-0.1, -0.05) is 0 Å². The van der Waals surface area contributed by atoms with Crippen molar-refractivity contribution >= 4 is 0 Å². The lowest BCUT2D eigenvalue weighted by atomic mass is 9.93. The molecule has 0 spiro atoms. The Balaban J connectivity index is 1.84. The van der Waals surface area contributed by atoms with E-state index in [9.17, 15) is 5.11 Å². The average Bonchev–Trinajstić information content (AvgIpc) is 3.20. The van der Waals surface area contributed by atoms with E-state index in [1.165, 1.54) is 37.1 Å². The molecular weight excluding hydrogens is 226 g/mol. The van der Waals surface area contributed by atoms with Gasteiger partial charge in [0.15, 0.2) is 0 Å². The van der Waals surface area contributed by atoms with Gasteiger partial charge in [-0.25, -0.2) is 4.98 Å². The summed E-state index contributed by atoms with van der Waals surface area (Å²) in [6.07, 6.45) is 9.25. The van der Waals surface area contributed by atoms with E-state index in [-0.39, 0.29) is 12.1 Å². The first-order valence-corrected chi connectivity index (χ1v) is 7.12. The normalized spacial score (nSPS) is 22.6. The Kier molecular flexibility index (Phi) is 3.16. The molecule has 0 aromatic carbocycles. The van der Waals surface area contributed by atoms with Gasteiger partial charge >= 0.3 is 0 Å². The lowest BCUT2D eigenvalue weighted by Crippen LogP contribution is -2.52. The maximum Gasteiger partial charge on any atom is 0.0952 e. The molecule has 1 aromatic heterocycles. The number of nitrogens with zero attached hydrogens (tertiary/aromatic N) is 2. The summed E-state index contributed by atoms with van der Waals surface area (Å²) in [6, 6.07) is 0. The van der Waals surface area contributed by atoms with Crippen molar-refractivity contribution in [1.82, 2.24) is 14.9 Å². The predicted octanol–water partition coefficient (Wildman–Crippen LogP) is 1.12. The first-order chi connectivity index (χ1) is 8.79. The quantitative estimate of drug-likeness (QED) is 0.822. The van der Waals surface area contributed by atoms with Crippen molar-refractivity contribution in [1.29, 1.82) is 0 Å².